The Kier molecular flexibility index (Phi) is 6.45. The zero-order valence-corrected chi connectivity index (χ0v) is 12.9. The molecule has 0 aliphatic heterocycles. The van der Waals surface area contributed by atoms with Gasteiger partial charge in [-0.25, -0.2) is 9.38 Å². The molecule has 112 valence electrons. The van der Waals surface area contributed by atoms with Gasteiger partial charge in [-0.15, -0.1) is 0 Å². The van der Waals surface area contributed by atoms with Crippen LogP contribution < -0.4 is 5.73 Å². The van der Waals surface area contributed by atoms with Crippen LogP contribution in [0.15, 0.2) is 23.2 Å². The molecule has 2 N–H and O–H groups in total. The Morgan fingerprint density at radius 2 is 1.90 bits per heavy atom. The smallest absolute Gasteiger partial charge is 0.191 e. The van der Waals surface area contributed by atoms with Crippen molar-refractivity contribution in [3.05, 3.63) is 35.1 Å². The number of halogens is 1. The highest BCUT2D eigenvalue weighted by atomic mass is 19.1. The molecular weight excluding hydrogens is 255 g/mol. The molecule has 0 heterocycles. The van der Waals surface area contributed by atoms with E-state index in [1.54, 1.807) is 6.07 Å². The van der Waals surface area contributed by atoms with Gasteiger partial charge in [-0.05, 0) is 45.6 Å². The van der Waals surface area contributed by atoms with Crippen LogP contribution in [-0.4, -0.2) is 42.9 Å². The fourth-order valence-corrected chi connectivity index (χ4v) is 2.01. The van der Waals surface area contributed by atoms with E-state index in [1.165, 1.54) is 6.07 Å². The van der Waals surface area contributed by atoms with Crippen molar-refractivity contribution < 1.29 is 4.39 Å². The van der Waals surface area contributed by atoms with Crippen molar-refractivity contribution in [2.75, 3.05) is 27.2 Å². The molecule has 0 spiro atoms. The fraction of sp³-hybridized carbons (Fsp3) is 0.533. The van der Waals surface area contributed by atoms with Crippen LogP contribution in [0.3, 0.4) is 0 Å². The van der Waals surface area contributed by atoms with Crippen molar-refractivity contribution in [1.82, 2.24) is 9.80 Å². The van der Waals surface area contributed by atoms with E-state index < -0.39 is 0 Å². The minimum absolute atomic E-state index is 0.178. The second kappa shape index (κ2) is 7.85. The van der Waals surface area contributed by atoms with E-state index in [4.69, 9.17) is 5.73 Å². The molecule has 0 aliphatic rings. The number of nitrogens with zero attached hydrogens (tertiary/aromatic N) is 3. The first-order valence-corrected chi connectivity index (χ1v) is 6.94. The van der Waals surface area contributed by atoms with Crippen molar-refractivity contribution in [2.45, 2.75) is 26.9 Å². The quantitative estimate of drug-likeness (QED) is 0.641. The summed E-state index contributed by atoms with van der Waals surface area (Å²) >= 11 is 0. The average Bonchev–Trinajstić information content (AvgIpc) is 2.40. The first kappa shape index (κ1) is 16.4. The lowest BCUT2D eigenvalue weighted by Crippen LogP contribution is -2.37. The summed E-state index contributed by atoms with van der Waals surface area (Å²) in [4.78, 5) is 8.30. The summed E-state index contributed by atoms with van der Waals surface area (Å²) in [5.41, 5.74) is 7.58. The van der Waals surface area contributed by atoms with Gasteiger partial charge in [0.05, 0.1) is 6.54 Å². The first-order chi connectivity index (χ1) is 9.47. The highest BCUT2D eigenvalue weighted by molar-refractivity contribution is 5.78. The Balaban J connectivity index is 2.80. The number of aliphatic imine (C=N–C) groups is 1. The molecule has 0 radical (unpaired) electrons. The molecule has 0 aliphatic carbocycles. The first-order valence-electron chi connectivity index (χ1n) is 6.94. The van der Waals surface area contributed by atoms with Gasteiger partial charge >= 0.3 is 0 Å². The van der Waals surface area contributed by atoms with Gasteiger partial charge < -0.3 is 15.5 Å². The van der Waals surface area contributed by atoms with Crippen molar-refractivity contribution >= 4 is 5.96 Å². The number of rotatable bonds is 6. The molecule has 0 atom stereocenters. The molecule has 0 bridgehead atoms. The molecule has 0 fully saturated rings. The van der Waals surface area contributed by atoms with Crippen LogP contribution in [0.5, 0.6) is 0 Å². The molecule has 0 saturated heterocycles. The van der Waals surface area contributed by atoms with Gasteiger partial charge in [0.15, 0.2) is 5.96 Å². The van der Waals surface area contributed by atoms with Crippen LogP contribution in [0, 0.1) is 5.82 Å². The Hall–Kier alpha value is -1.62. The Labute approximate surface area is 121 Å². The number of nitrogens with two attached hydrogens (primary N) is 1. The van der Waals surface area contributed by atoms with Gasteiger partial charge in [0.2, 0.25) is 0 Å². The summed E-state index contributed by atoms with van der Waals surface area (Å²) in [6.07, 6.45) is 0. The summed E-state index contributed by atoms with van der Waals surface area (Å²) < 4.78 is 13.7. The predicted octanol–water partition coefficient (Wildman–Crippen LogP) is 2.04. The van der Waals surface area contributed by atoms with Gasteiger partial charge in [-0.3, -0.25) is 0 Å². The van der Waals surface area contributed by atoms with E-state index in [9.17, 15) is 4.39 Å². The maximum Gasteiger partial charge on any atom is 0.191 e. The zero-order chi connectivity index (χ0) is 15.1. The Morgan fingerprint density at radius 1 is 1.25 bits per heavy atom. The second-order valence-corrected chi connectivity index (χ2v) is 5.01. The van der Waals surface area contributed by atoms with Crippen LogP contribution in [0.2, 0.25) is 0 Å². The highest BCUT2D eigenvalue weighted by Crippen LogP contribution is 2.13. The van der Waals surface area contributed by atoms with Crippen molar-refractivity contribution in [2.24, 2.45) is 10.7 Å². The van der Waals surface area contributed by atoms with Gasteiger partial charge in [-0.2, -0.15) is 0 Å². The van der Waals surface area contributed by atoms with Crippen LogP contribution in [0.1, 0.15) is 25.0 Å². The molecule has 20 heavy (non-hydrogen) atoms. The van der Waals surface area contributed by atoms with E-state index in [-0.39, 0.29) is 5.82 Å². The van der Waals surface area contributed by atoms with Crippen LogP contribution >= 0.6 is 0 Å². The van der Waals surface area contributed by atoms with Gasteiger partial charge in [0.25, 0.3) is 0 Å². The number of benzene rings is 1. The zero-order valence-electron chi connectivity index (χ0n) is 12.9. The summed E-state index contributed by atoms with van der Waals surface area (Å²) in [6, 6.07) is 5.11. The van der Waals surface area contributed by atoms with Crippen molar-refractivity contribution in [3.8, 4) is 0 Å². The summed E-state index contributed by atoms with van der Waals surface area (Å²) in [7, 11) is 3.84. The van der Waals surface area contributed by atoms with Crippen molar-refractivity contribution in [1.29, 1.82) is 0 Å². The molecule has 1 aromatic rings. The maximum atomic E-state index is 13.7. The second-order valence-electron chi connectivity index (χ2n) is 5.01. The molecule has 0 aromatic heterocycles. The van der Waals surface area contributed by atoms with Crippen LogP contribution in [-0.2, 0) is 13.1 Å². The van der Waals surface area contributed by atoms with Crippen LogP contribution in [0.25, 0.3) is 0 Å². The largest absolute Gasteiger partial charge is 0.370 e. The van der Waals surface area contributed by atoms with E-state index in [0.29, 0.717) is 24.6 Å². The Bertz CT molecular complexity index is 453. The molecular formula is C15H25FN4. The maximum absolute atomic E-state index is 13.7. The minimum Gasteiger partial charge on any atom is -0.370 e. The SMILES string of the molecule is CCN(CC)C(N)=NCc1ccc(F)c(CN(C)C)c1. The summed E-state index contributed by atoms with van der Waals surface area (Å²) in [5.74, 6) is 0.358. The third-order valence-electron chi connectivity index (χ3n) is 3.11. The minimum atomic E-state index is -0.178. The lowest BCUT2D eigenvalue weighted by molar-refractivity contribution is 0.392. The standard InChI is InChI=1S/C15H25FN4/c1-5-20(6-2)15(17)18-10-12-7-8-14(16)13(9-12)11-19(3)4/h7-9H,5-6,10-11H2,1-4H3,(H2,17,18). The number of hydrogen-bond acceptors (Lipinski definition) is 2. The lowest BCUT2D eigenvalue weighted by atomic mass is 10.1. The molecule has 0 unspecified atom stereocenters. The summed E-state index contributed by atoms with van der Waals surface area (Å²) in [6.45, 7) is 6.80. The van der Waals surface area contributed by atoms with E-state index in [1.807, 2.05) is 43.8 Å². The van der Waals surface area contributed by atoms with Gasteiger partial charge in [0.1, 0.15) is 5.82 Å². The highest BCUT2D eigenvalue weighted by Gasteiger charge is 2.06. The Morgan fingerprint density at radius 3 is 2.45 bits per heavy atom. The van der Waals surface area contributed by atoms with Crippen LogP contribution in [0.4, 0.5) is 4.39 Å². The van der Waals surface area contributed by atoms with Gasteiger partial charge in [0, 0.05) is 25.2 Å². The molecule has 0 amide bonds. The third kappa shape index (κ3) is 4.81. The average molecular weight is 280 g/mol. The fourth-order valence-electron chi connectivity index (χ4n) is 2.01. The molecule has 4 nitrogen and oxygen atoms in total. The van der Waals surface area contributed by atoms with Crippen molar-refractivity contribution in [3.63, 3.8) is 0 Å². The number of guanidine groups is 1. The summed E-state index contributed by atoms with van der Waals surface area (Å²) in [5, 5.41) is 0. The topological polar surface area (TPSA) is 44.9 Å². The molecule has 0 saturated carbocycles. The molecule has 1 aromatic carbocycles. The van der Waals surface area contributed by atoms with Gasteiger partial charge in [-0.1, -0.05) is 6.07 Å². The monoisotopic (exact) mass is 280 g/mol. The van der Waals surface area contributed by atoms with E-state index in [2.05, 4.69) is 4.99 Å². The number of hydrogen-bond donors (Lipinski definition) is 1. The normalized spacial score (nSPS) is 12.0. The lowest BCUT2D eigenvalue weighted by Gasteiger charge is -2.19. The van der Waals surface area contributed by atoms with E-state index in [0.717, 1.165) is 18.7 Å². The molecule has 1 rings (SSSR count). The molecule has 5 heteroatoms. The van der Waals surface area contributed by atoms with E-state index >= 15 is 0 Å². The third-order valence-corrected chi connectivity index (χ3v) is 3.11. The predicted molar refractivity (Wildman–Crippen MR) is 82.0 cm³/mol.